The van der Waals surface area contributed by atoms with Gasteiger partial charge in [0.25, 0.3) is 5.91 Å². The Morgan fingerprint density at radius 2 is 1.63 bits per heavy atom. The summed E-state index contributed by atoms with van der Waals surface area (Å²) in [6.07, 6.45) is 0. The molecule has 0 radical (unpaired) electrons. The molecule has 0 saturated carbocycles. The van der Waals surface area contributed by atoms with Crippen molar-refractivity contribution < 1.29 is 9.18 Å². The van der Waals surface area contributed by atoms with Crippen molar-refractivity contribution in [2.24, 2.45) is 5.73 Å². The molecule has 0 aliphatic heterocycles. The summed E-state index contributed by atoms with van der Waals surface area (Å²) in [7, 11) is 0. The Morgan fingerprint density at radius 1 is 1.00 bits per heavy atom. The lowest BCUT2D eigenvalue weighted by Crippen LogP contribution is -2.13. The van der Waals surface area contributed by atoms with Crippen LogP contribution in [0, 0.1) is 5.95 Å². The van der Waals surface area contributed by atoms with E-state index in [1.807, 2.05) is 18.2 Å². The van der Waals surface area contributed by atoms with Crippen LogP contribution in [0.1, 0.15) is 10.4 Å². The monoisotopic (exact) mass is 254 g/mol. The van der Waals surface area contributed by atoms with Crippen LogP contribution < -0.4 is 5.73 Å². The molecular formula is C15H11FN2O. The topological polar surface area (TPSA) is 48.0 Å². The van der Waals surface area contributed by atoms with Crippen LogP contribution in [0.5, 0.6) is 0 Å². The van der Waals surface area contributed by atoms with Crippen LogP contribution in [0.2, 0.25) is 0 Å². The minimum atomic E-state index is -0.761. The van der Waals surface area contributed by atoms with Crippen LogP contribution in [0.3, 0.4) is 0 Å². The van der Waals surface area contributed by atoms with Gasteiger partial charge in [0.2, 0.25) is 5.95 Å². The average Bonchev–Trinajstić information content (AvgIpc) is 2.71. The zero-order chi connectivity index (χ0) is 13.4. The van der Waals surface area contributed by atoms with Crippen molar-refractivity contribution in [1.29, 1.82) is 0 Å². The van der Waals surface area contributed by atoms with E-state index in [0.717, 1.165) is 0 Å². The first-order valence-corrected chi connectivity index (χ1v) is 5.84. The Morgan fingerprint density at radius 3 is 2.32 bits per heavy atom. The van der Waals surface area contributed by atoms with Gasteiger partial charge in [0.1, 0.15) is 5.56 Å². The first kappa shape index (κ1) is 11.5. The number of fused-ring (bicyclic) bond motifs is 1. The van der Waals surface area contributed by atoms with Gasteiger partial charge in [-0.1, -0.05) is 36.4 Å². The van der Waals surface area contributed by atoms with Crippen molar-refractivity contribution in [3.05, 3.63) is 66.1 Å². The minimum absolute atomic E-state index is 0.0700. The molecule has 0 atom stereocenters. The van der Waals surface area contributed by atoms with E-state index in [9.17, 15) is 9.18 Å². The molecule has 0 aliphatic rings. The summed E-state index contributed by atoms with van der Waals surface area (Å²) < 4.78 is 15.9. The number of amides is 1. The van der Waals surface area contributed by atoms with Crippen molar-refractivity contribution in [2.45, 2.75) is 0 Å². The summed E-state index contributed by atoms with van der Waals surface area (Å²) >= 11 is 0. The molecule has 19 heavy (non-hydrogen) atoms. The number of hydrogen-bond acceptors (Lipinski definition) is 1. The van der Waals surface area contributed by atoms with Gasteiger partial charge in [0, 0.05) is 11.1 Å². The van der Waals surface area contributed by atoms with E-state index in [2.05, 4.69) is 0 Å². The summed E-state index contributed by atoms with van der Waals surface area (Å²) in [6.45, 7) is 0. The van der Waals surface area contributed by atoms with E-state index >= 15 is 0 Å². The highest BCUT2D eigenvalue weighted by molar-refractivity contribution is 6.07. The highest BCUT2D eigenvalue weighted by Crippen LogP contribution is 2.27. The fourth-order valence-electron chi connectivity index (χ4n) is 2.27. The van der Waals surface area contributed by atoms with Crippen molar-refractivity contribution in [3.63, 3.8) is 0 Å². The van der Waals surface area contributed by atoms with E-state index in [1.54, 1.807) is 36.4 Å². The maximum Gasteiger partial charge on any atom is 0.253 e. The summed E-state index contributed by atoms with van der Waals surface area (Å²) in [6, 6.07) is 16.0. The number of carbonyl (C=O) groups excluding carboxylic acids is 1. The lowest BCUT2D eigenvalue weighted by atomic mass is 10.1. The number of halogens is 1. The van der Waals surface area contributed by atoms with Gasteiger partial charge in [-0.3, -0.25) is 9.36 Å². The number of benzene rings is 2. The van der Waals surface area contributed by atoms with E-state index in [-0.39, 0.29) is 5.56 Å². The number of hydrogen-bond donors (Lipinski definition) is 1. The first-order chi connectivity index (χ1) is 9.20. The molecule has 1 aromatic heterocycles. The minimum Gasteiger partial charge on any atom is -0.365 e. The second kappa shape index (κ2) is 4.24. The normalized spacial score (nSPS) is 10.8. The molecule has 0 aliphatic carbocycles. The van der Waals surface area contributed by atoms with Crippen LogP contribution in [-0.2, 0) is 0 Å². The standard InChI is InChI=1S/C15H11FN2O/c16-14-13(15(17)19)11-8-4-5-9-12(11)18(14)10-6-2-1-3-7-10/h1-9H,(H2,17,19). The van der Waals surface area contributed by atoms with Crippen molar-refractivity contribution in [2.75, 3.05) is 0 Å². The van der Waals surface area contributed by atoms with E-state index in [4.69, 9.17) is 5.73 Å². The summed E-state index contributed by atoms with van der Waals surface area (Å²) in [5.74, 6) is -1.39. The molecule has 3 aromatic rings. The van der Waals surface area contributed by atoms with Crippen LogP contribution in [-0.4, -0.2) is 10.5 Å². The molecule has 0 spiro atoms. The molecule has 2 aromatic carbocycles. The third kappa shape index (κ3) is 1.69. The Hall–Kier alpha value is -2.62. The van der Waals surface area contributed by atoms with Crippen molar-refractivity contribution >= 4 is 16.8 Å². The average molecular weight is 254 g/mol. The van der Waals surface area contributed by atoms with Crippen LogP contribution in [0.4, 0.5) is 4.39 Å². The molecule has 0 fully saturated rings. The van der Waals surface area contributed by atoms with E-state index in [0.29, 0.717) is 16.6 Å². The molecule has 0 bridgehead atoms. The summed E-state index contributed by atoms with van der Waals surface area (Å²) in [4.78, 5) is 11.4. The SMILES string of the molecule is NC(=O)c1c(F)n(-c2ccccc2)c2ccccc12. The molecule has 3 nitrogen and oxygen atoms in total. The van der Waals surface area contributed by atoms with Crippen LogP contribution in [0.25, 0.3) is 16.6 Å². The largest absolute Gasteiger partial charge is 0.365 e. The van der Waals surface area contributed by atoms with Crippen LogP contribution in [0.15, 0.2) is 54.6 Å². The summed E-state index contributed by atoms with van der Waals surface area (Å²) in [5, 5.41) is 0.524. The van der Waals surface area contributed by atoms with Crippen LogP contribution >= 0.6 is 0 Å². The molecule has 0 saturated heterocycles. The highest BCUT2D eigenvalue weighted by atomic mass is 19.1. The van der Waals surface area contributed by atoms with E-state index in [1.165, 1.54) is 4.57 Å². The van der Waals surface area contributed by atoms with Gasteiger partial charge < -0.3 is 5.73 Å². The molecule has 2 N–H and O–H groups in total. The van der Waals surface area contributed by atoms with Gasteiger partial charge in [-0.2, -0.15) is 4.39 Å². The fraction of sp³-hybridized carbons (Fsp3) is 0. The predicted molar refractivity (Wildman–Crippen MR) is 71.8 cm³/mol. The quantitative estimate of drug-likeness (QED) is 0.751. The number of para-hydroxylation sites is 2. The number of primary amides is 1. The number of rotatable bonds is 2. The lowest BCUT2D eigenvalue weighted by Gasteiger charge is -2.05. The molecule has 4 heteroatoms. The van der Waals surface area contributed by atoms with E-state index < -0.39 is 11.9 Å². The predicted octanol–water partition coefficient (Wildman–Crippen LogP) is 2.87. The first-order valence-electron chi connectivity index (χ1n) is 5.84. The van der Waals surface area contributed by atoms with Gasteiger partial charge in [-0.05, 0) is 18.2 Å². The second-order valence-corrected chi connectivity index (χ2v) is 4.22. The molecule has 1 heterocycles. The number of carbonyl (C=O) groups is 1. The molecule has 0 unspecified atom stereocenters. The molecule has 94 valence electrons. The Labute approximate surface area is 109 Å². The van der Waals surface area contributed by atoms with Gasteiger partial charge in [-0.15, -0.1) is 0 Å². The van der Waals surface area contributed by atoms with Gasteiger partial charge in [-0.25, -0.2) is 0 Å². The third-order valence-electron chi connectivity index (χ3n) is 3.08. The Kier molecular flexibility index (Phi) is 2.56. The van der Waals surface area contributed by atoms with Crippen molar-refractivity contribution in [1.82, 2.24) is 4.57 Å². The number of nitrogens with zero attached hydrogens (tertiary/aromatic N) is 1. The van der Waals surface area contributed by atoms with Gasteiger partial charge in [0.15, 0.2) is 0 Å². The molecule has 1 amide bonds. The zero-order valence-electron chi connectivity index (χ0n) is 10.0. The van der Waals surface area contributed by atoms with Crippen molar-refractivity contribution in [3.8, 4) is 5.69 Å². The third-order valence-corrected chi connectivity index (χ3v) is 3.08. The smallest absolute Gasteiger partial charge is 0.253 e. The Balaban J connectivity index is 2.43. The molecular weight excluding hydrogens is 243 g/mol. The fourth-order valence-corrected chi connectivity index (χ4v) is 2.27. The maximum absolute atomic E-state index is 14.5. The highest BCUT2D eigenvalue weighted by Gasteiger charge is 2.21. The molecule has 3 rings (SSSR count). The zero-order valence-corrected chi connectivity index (χ0v) is 10.0. The summed E-state index contributed by atoms with van der Waals surface area (Å²) in [5.41, 5.74) is 6.49. The second-order valence-electron chi connectivity index (χ2n) is 4.22. The number of aromatic nitrogens is 1. The van der Waals surface area contributed by atoms with Gasteiger partial charge >= 0.3 is 0 Å². The lowest BCUT2D eigenvalue weighted by molar-refractivity contribution is 0.0997. The maximum atomic E-state index is 14.5. The Bertz CT molecular complexity index is 762. The van der Waals surface area contributed by atoms with Gasteiger partial charge in [0.05, 0.1) is 5.52 Å². The number of nitrogens with two attached hydrogens (primary N) is 1.